The van der Waals surface area contributed by atoms with Crippen molar-refractivity contribution in [3.05, 3.63) is 0 Å². The van der Waals surface area contributed by atoms with E-state index in [0.29, 0.717) is 13.0 Å². The first-order valence-electron chi connectivity index (χ1n) is 7.18. The van der Waals surface area contributed by atoms with Crippen molar-refractivity contribution in [2.75, 3.05) is 13.2 Å². The molecule has 0 aromatic rings. The molecule has 0 radical (unpaired) electrons. The maximum absolute atomic E-state index is 11.2. The van der Waals surface area contributed by atoms with Crippen LogP contribution in [0.3, 0.4) is 0 Å². The number of carbonyl (C=O) groups is 1. The third-order valence-electron chi connectivity index (χ3n) is 2.94. The summed E-state index contributed by atoms with van der Waals surface area (Å²) in [6.07, 6.45) is 12.1. The van der Waals surface area contributed by atoms with Gasteiger partial charge < -0.3 is 10.4 Å². The molecule has 0 aliphatic heterocycles. The van der Waals surface area contributed by atoms with Gasteiger partial charge in [-0.2, -0.15) is 0 Å². The summed E-state index contributed by atoms with van der Waals surface area (Å²) in [5.74, 6) is 0.0713. The van der Waals surface area contributed by atoms with Crippen LogP contribution in [-0.2, 0) is 4.79 Å². The number of hydrogen-bond donors (Lipinski definition) is 2. The number of rotatable bonds is 12. The standard InChI is InChI=1S/C14H29NO2.2Na.2H/c1-2-3-4-5-6-7-8-9-10-11-14(17)15-12-13-16;;;;/h16H,2-13H2,1H3,(H,15,17);;;;. The fourth-order valence-electron chi connectivity index (χ4n) is 1.88. The van der Waals surface area contributed by atoms with Gasteiger partial charge in [0.15, 0.2) is 0 Å². The Kier molecular flexibility index (Phi) is 29.0. The molecule has 0 atom stereocenters. The van der Waals surface area contributed by atoms with Crippen LogP contribution in [0.5, 0.6) is 0 Å². The number of hydrogen-bond acceptors (Lipinski definition) is 2. The Labute approximate surface area is 163 Å². The average molecular weight is 291 g/mol. The summed E-state index contributed by atoms with van der Waals surface area (Å²) in [7, 11) is 0. The second-order valence-corrected chi connectivity index (χ2v) is 4.65. The molecule has 0 fully saturated rings. The molecule has 0 bridgehead atoms. The van der Waals surface area contributed by atoms with Crippen molar-refractivity contribution in [3.8, 4) is 0 Å². The Morgan fingerprint density at radius 3 is 1.84 bits per heavy atom. The monoisotopic (exact) mass is 291 g/mol. The number of aliphatic hydroxyl groups excluding tert-OH is 1. The molecule has 2 N–H and O–H groups in total. The van der Waals surface area contributed by atoms with Crippen LogP contribution in [-0.4, -0.2) is 83.3 Å². The van der Waals surface area contributed by atoms with Gasteiger partial charge in [-0.05, 0) is 6.42 Å². The third kappa shape index (κ3) is 21.9. The Balaban J connectivity index is -0.00000128. The van der Waals surface area contributed by atoms with E-state index in [1.165, 1.54) is 44.9 Å². The van der Waals surface area contributed by atoms with Gasteiger partial charge >= 0.3 is 59.1 Å². The molecule has 0 unspecified atom stereocenters. The van der Waals surface area contributed by atoms with E-state index in [1.54, 1.807) is 0 Å². The van der Waals surface area contributed by atoms with Gasteiger partial charge in [-0.3, -0.25) is 4.79 Å². The first-order valence-corrected chi connectivity index (χ1v) is 7.18. The summed E-state index contributed by atoms with van der Waals surface area (Å²) in [4.78, 5) is 11.2. The molecule has 0 saturated carbocycles. The molecule has 3 nitrogen and oxygen atoms in total. The van der Waals surface area contributed by atoms with Crippen LogP contribution < -0.4 is 5.32 Å². The van der Waals surface area contributed by atoms with Crippen molar-refractivity contribution < 1.29 is 9.90 Å². The summed E-state index contributed by atoms with van der Waals surface area (Å²) in [5.41, 5.74) is 0. The van der Waals surface area contributed by atoms with Gasteiger partial charge in [0.1, 0.15) is 0 Å². The average Bonchev–Trinajstić information content (AvgIpc) is 2.34. The summed E-state index contributed by atoms with van der Waals surface area (Å²) in [6, 6.07) is 0. The van der Waals surface area contributed by atoms with Gasteiger partial charge in [0.2, 0.25) is 5.91 Å². The van der Waals surface area contributed by atoms with Gasteiger partial charge in [-0.1, -0.05) is 58.3 Å². The van der Waals surface area contributed by atoms with Gasteiger partial charge in [0, 0.05) is 13.0 Å². The second-order valence-electron chi connectivity index (χ2n) is 4.65. The normalized spacial score (nSPS) is 9.37. The van der Waals surface area contributed by atoms with Gasteiger partial charge in [-0.15, -0.1) is 0 Å². The molecular formula is C14H31NNa2O2. The Hall–Kier alpha value is 1.43. The van der Waals surface area contributed by atoms with E-state index < -0.39 is 0 Å². The first-order chi connectivity index (χ1) is 8.31. The van der Waals surface area contributed by atoms with Gasteiger partial charge in [0.05, 0.1) is 6.61 Å². The van der Waals surface area contributed by atoms with Crippen molar-refractivity contribution in [1.29, 1.82) is 0 Å². The summed E-state index contributed by atoms with van der Waals surface area (Å²) in [6.45, 7) is 2.65. The van der Waals surface area contributed by atoms with Crippen LogP contribution in [0.4, 0.5) is 0 Å². The topological polar surface area (TPSA) is 49.3 Å². The van der Waals surface area contributed by atoms with E-state index in [4.69, 9.17) is 5.11 Å². The van der Waals surface area contributed by atoms with Crippen molar-refractivity contribution in [3.63, 3.8) is 0 Å². The van der Waals surface area contributed by atoms with E-state index in [-0.39, 0.29) is 71.6 Å². The molecule has 0 heterocycles. The molecule has 19 heavy (non-hydrogen) atoms. The molecule has 1 amide bonds. The van der Waals surface area contributed by atoms with Crippen molar-refractivity contribution in [2.45, 2.75) is 71.1 Å². The number of aliphatic hydroxyl groups is 1. The van der Waals surface area contributed by atoms with Crippen molar-refractivity contribution in [2.24, 2.45) is 0 Å². The predicted octanol–water partition coefficient (Wildman–Crippen LogP) is 1.72. The molecule has 0 aliphatic carbocycles. The molecule has 0 aliphatic rings. The molecule has 0 aromatic carbocycles. The quantitative estimate of drug-likeness (QED) is 0.425. The maximum atomic E-state index is 11.2. The van der Waals surface area contributed by atoms with Crippen LogP contribution in [0, 0.1) is 0 Å². The summed E-state index contributed by atoms with van der Waals surface area (Å²) >= 11 is 0. The van der Waals surface area contributed by atoms with Crippen LogP contribution in [0.25, 0.3) is 0 Å². The van der Waals surface area contributed by atoms with Crippen LogP contribution in [0.15, 0.2) is 0 Å². The molecule has 5 heteroatoms. The molecule has 0 saturated heterocycles. The fourth-order valence-corrected chi connectivity index (χ4v) is 1.88. The number of nitrogens with one attached hydrogen (secondary N) is 1. The summed E-state index contributed by atoms with van der Waals surface area (Å²) in [5, 5.41) is 11.2. The molecule has 0 spiro atoms. The Morgan fingerprint density at radius 2 is 1.37 bits per heavy atom. The number of carbonyl (C=O) groups excluding carboxylic acids is 1. The minimum atomic E-state index is 0. The van der Waals surface area contributed by atoms with Crippen LogP contribution >= 0.6 is 0 Å². The third-order valence-corrected chi connectivity index (χ3v) is 2.94. The first kappa shape index (κ1) is 25.4. The number of amides is 1. The van der Waals surface area contributed by atoms with E-state index in [0.717, 1.165) is 12.8 Å². The van der Waals surface area contributed by atoms with Crippen molar-refractivity contribution in [1.82, 2.24) is 5.32 Å². The zero-order valence-corrected chi connectivity index (χ0v) is 11.3. The van der Waals surface area contributed by atoms with Gasteiger partial charge in [0.25, 0.3) is 0 Å². The minimum absolute atomic E-state index is 0. The van der Waals surface area contributed by atoms with Gasteiger partial charge in [-0.25, -0.2) is 0 Å². The van der Waals surface area contributed by atoms with Crippen molar-refractivity contribution >= 4 is 65.0 Å². The van der Waals surface area contributed by atoms with E-state index in [2.05, 4.69) is 12.2 Å². The van der Waals surface area contributed by atoms with E-state index >= 15 is 0 Å². The predicted molar refractivity (Wildman–Crippen MR) is 86.2 cm³/mol. The van der Waals surface area contributed by atoms with Crippen LogP contribution in [0.2, 0.25) is 0 Å². The second kappa shape index (κ2) is 21.7. The summed E-state index contributed by atoms with van der Waals surface area (Å²) < 4.78 is 0. The molecule has 0 aromatic heterocycles. The van der Waals surface area contributed by atoms with Crippen LogP contribution in [0.1, 0.15) is 71.1 Å². The molecular weight excluding hydrogens is 260 g/mol. The zero-order chi connectivity index (χ0) is 12.8. The zero-order valence-electron chi connectivity index (χ0n) is 11.3. The van der Waals surface area contributed by atoms with E-state index in [1.807, 2.05) is 0 Å². The fraction of sp³-hybridized carbons (Fsp3) is 0.929. The number of unbranched alkanes of at least 4 members (excludes halogenated alkanes) is 8. The SMILES string of the molecule is CCCCCCCCCCCC(=O)NCCO.[NaH].[NaH]. The molecule has 106 valence electrons. The Bertz CT molecular complexity index is 181. The molecule has 0 rings (SSSR count). The Morgan fingerprint density at radius 1 is 0.895 bits per heavy atom. The van der Waals surface area contributed by atoms with E-state index in [9.17, 15) is 4.79 Å².